The van der Waals surface area contributed by atoms with Crippen LogP contribution in [0.15, 0.2) is 29.0 Å². The molecule has 0 bridgehead atoms. The monoisotopic (exact) mass is 240 g/mol. The highest BCUT2D eigenvalue weighted by atomic mass is 79.9. The number of fused-ring (bicyclic) bond motifs is 1. The van der Waals surface area contributed by atoms with Gasteiger partial charge in [0.2, 0.25) is 0 Å². The summed E-state index contributed by atoms with van der Waals surface area (Å²) in [4.78, 5) is 10.8. The molecule has 0 aromatic carbocycles. The van der Waals surface area contributed by atoms with E-state index >= 15 is 0 Å². The van der Waals surface area contributed by atoms with Gasteiger partial charge in [0, 0.05) is 6.20 Å². The molecule has 5 heteroatoms. The van der Waals surface area contributed by atoms with E-state index in [2.05, 4.69) is 21.0 Å². The molecule has 66 valence electrons. The summed E-state index contributed by atoms with van der Waals surface area (Å²) in [6.07, 6.45) is 1.70. The lowest BCUT2D eigenvalue weighted by Crippen LogP contribution is -2.02. The Balaban J connectivity index is 2.84. The Morgan fingerprint density at radius 1 is 1.62 bits per heavy atom. The van der Waals surface area contributed by atoms with Gasteiger partial charge in [0.1, 0.15) is 4.60 Å². The molecule has 0 aliphatic heterocycles. The van der Waals surface area contributed by atoms with Gasteiger partial charge in [-0.2, -0.15) is 5.10 Å². The second-order valence-electron chi connectivity index (χ2n) is 2.52. The summed E-state index contributed by atoms with van der Waals surface area (Å²) in [5.41, 5.74) is 0.836. The molecule has 0 atom stereocenters. The second kappa shape index (κ2) is 2.85. The topological polar surface area (TPSA) is 54.6 Å². The maximum Gasteiger partial charge on any atom is 0.337 e. The molecule has 0 saturated heterocycles. The third-order valence-corrected chi connectivity index (χ3v) is 2.09. The van der Waals surface area contributed by atoms with Crippen LogP contribution in [0.2, 0.25) is 0 Å². The zero-order chi connectivity index (χ0) is 9.42. The molecule has 0 unspecified atom stereocenters. The van der Waals surface area contributed by atoms with Crippen LogP contribution >= 0.6 is 15.9 Å². The molecule has 0 fully saturated rings. The Bertz CT molecular complexity index is 478. The first-order valence-corrected chi connectivity index (χ1v) is 4.35. The number of carboxylic acid groups (broad SMARTS) is 1. The molecular formula is C8H5BrN2O2. The van der Waals surface area contributed by atoms with Crippen LogP contribution in [-0.4, -0.2) is 20.7 Å². The van der Waals surface area contributed by atoms with Crippen LogP contribution in [0.5, 0.6) is 0 Å². The maximum atomic E-state index is 10.8. The minimum atomic E-state index is -0.952. The van der Waals surface area contributed by atoms with Crippen LogP contribution in [0.1, 0.15) is 10.4 Å². The van der Waals surface area contributed by atoms with Gasteiger partial charge in [-0.1, -0.05) is 0 Å². The number of hydrogen-bond acceptors (Lipinski definition) is 2. The van der Waals surface area contributed by atoms with E-state index in [1.54, 1.807) is 18.3 Å². The Hall–Kier alpha value is -1.36. The first-order chi connectivity index (χ1) is 6.18. The van der Waals surface area contributed by atoms with Gasteiger partial charge in [-0.3, -0.25) is 0 Å². The maximum absolute atomic E-state index is 10.8. The SMILES string of the molecule is O=C(O)c1cc(Br)nn2cccc12. The number of hydrogen-bond donors (Lipinski definition) is 1. The van der Waals surface area contributed by atoms with Crippen molar-refractivity contribution >= 4 is 27.4 Å². The van der Waals surface area contributed by atoms with Crippen molar-refractivity contribution in [3.8, 4) is 0 Å². The number of aromatic nitrogens is 2. The summed E-state index contributed by atoms with van der Waals surface area (Å²) in [7, 11) is 0. The second-order valence-corrected chi connectivity index (χ2v) is 3.34. The molecule has 0 radical (unpaired) electrons. The largest absolute Gasteiger partial charge is 0.478 e. The quantitative estimate of drug-likeness (QED) is 0.828. The number of halogens is 1. The van der Waals surface area contributed by atoms with E-state index < -0.39 is 5.97 Å². The van der Waals surface area contributed by atoms with Gasteiger partial charge >= 0.3 is 5.97 Å². The highest BCUT2D eigenvalue weighted by molar-refractivity contribution is 9.10. The number of rotatable bonds is 1. The molecule has 2 aromatic rings. The van der Waals surface area contributed by atoms with E-state index in [9.17, 15) is 4.79 Å². The summed E-state index contributed by atoms with van der Waals surface area (Å²) in [6.45, 7) is 0. The van der Waals surface area contributed by atoms with Crippen molar-refractivity contribution in [2.75, 3.05) is 0 Å². The van der Waals surface area contributed by atoms with Crippen LogP contribution in [0.3, 0.4) is 0 Å². The van der Waals surface area contributed by atoms with Gasteiger partial charge in [-0.25, -0.2) is 9.31 Å². The van der Waals surface area contributed by atoms with Crippen molar-refractivity contribution in [1.29, 1.82) is 0 Å². The summed E-state index contributed by atoms with van der Waals surface area (Å²) in [6, 6.07) is 4.95. The molecular weight excluding hydrogens is 236 g/mol. The van der Waals surface area contributed by atoms with Gasteiger partial charge in [-0.15, -0.1) is 0 Å². The van der Waals surface area contributed by atoms with Gasteiger partial charge in [0.05, 0.1) is 11.1 Å². The fourth-order valence-electron chi connectivity index (χ4n) is 1.17. The van der Waals surface area contributed by atoms with E-state index in [1.165, 1.54) is 10.6 Å². The minimum Gasteiger partial charge on any atom is -0.478 e. The third kappa shape index (κ3) is 1.31. The van der Waals surface area contributed by atoms with Gasteiger partial charge < -0.3 is 5.11 Å². The first kappa shape index (κ1) is 8.25. The molecule has 2 aromatic heterocycles. The molecule has 0 spiro atoms. The van der Waals surface area contributed by atoms with E-state index in [4.69, 9.17) is 5.11 Å². The Morgan fingerprint density at radius 2 is 2.38 bits per heavy atom. The van der Waals surface area contributed by atoms with E-state index in [0.717, 1.165) is 0 Å². The van der Waals surface area contributed by atoms with Crippen molar-refractivity contribution in [2.24, 2.45) is 0 Å². The highest BCUT2D eigenvalue weighted by Crippen LogP contribution is 2.15. The fourth-order valence-corrected chi connectivity index (χ4v) is 1.57. The molecule has 1 N–H and O–H groups in total. The lowest BCUT2D eigenvalue weighted by atomic mass is 10.2. The van der Waals surface area contributed by atoms with Gasteiger partial charge in [0.25, 0.3) is 0 Å². The number of carboxylic acids is 1. The van der Waals surface area contributed by atoms with Crippen LogP contribution in [0, 0.1) is 0 Å². The summed E-state index contributed by atoms with van der Waals surface area (Å²) < 4.78 is 2.03. The molecule has 4 nitrogen and oxygen atoms in total. The van der Waals surface area contributed by atoms with Crippen LogP contribution in [0.4, 0.5) is 0 Å². The normalized spacial score (nSPS) is 10.5. The van der Waals surface area contributed by atoms with E-state index in [-0.39, 0.29) is 5.56 Å². The Labute approximate surface area is 81.9 Å². The smallest absolute Gasteiger partial charge is 0.337 e. The lowest BCUT2D eigenvalue weighted by molar-refractivity contribution is 0.0698. The zero-order valence-electron chi connectivity index (χ0n) is 6.44. The predicted octanol–water partition coefficient (Wildman–Crippen LogP) is 1.79. The number of aromatic carboxylic acids is 1. The summed E-state index contributed by atoms with van der Waals surface area (Å²) in [5, 5.41) is 12.9. The van der Waals surface area contributed by atoms with Crippen LogP contribution in [0.25, 0.3) is 5.52 Å². The van der Waals surface area contributed by atoms with E-state index in [0.29, 0.717) is 10.1 Å². The molecule has 0 aliphatic rings. The number of nitrogens with zero attached hydrogens (tertiary/aromatic N) is 2. The van der Waals surface area contributed by atoms with Crippen molar-refractivity contribution in [3.63, 3.8) is 0 Å². The average molecular weight is 241 g/mol. The van der Waals surface area contributed by atoms with Crippen LogP contribution < -0.4 is 0 Å². The van der Waals surface area contributed by atoms with Crippen molar-refractivity contribution in [1.82, 2.24) is 9.61 Å². The molecule has 0 amide bonds. The van der Waals surface area contributed by atoms with Crippen molar-refractivity contribution in [3.05, 3.63) is 34.6 Å². The Kier molecular flexibility index (Phi) is 1.81. The Morgan fingerprint density at radius 3 is 3.08 bits per heavy atom. The molecule has 13 heavy (non-hydrogen) atoms. The zero-order valence-corrected chi connectivity index (χ0v) is 8.02. The van der Waals surface area contributed by atoms with E-state index in [1.807, 2.05) is 0 Å². The molecule has 0 saturated carbocycles. The lowest BCUT2D eigenvalue weighted by Gasteiger charge is -1.99. The summed E-state index contributed by atoms with van der Waals surface area (Å²) >= 11 is 3.14. The predicted molar refractivity (Wildman–Crippen MR) is 49.9 cm³/mol. The summed E-state index contributed by atoms with van der Waals surface area (Å²) in [5.74, 6) is -0.952. The van der Waals surface area contributed by atoms with Crippen molar-refractivity contribution < 1.29 is 9.90 Å². The number of carbonyl (C=O) groups is 1. The van der Waals surface area contributed by atoms with Crippen molar-refractivity contribution in [2.45, 2.75) is 0 Å². The van der Waals surface area contributed by atoms with Gasteiger partial charge in [0.15, 0.2) is 0 Å². The standard InChI is InChI=1S/C8H5BrN2O2/c9-7-4-5(8(12)13)6-2-1-3-11(6)10-7/h1-4H,(H,12,13). The average Bonchev–Trinajstić information content (AvgIpc) is 2.49. The minimum absolute atomic E-state index is 0.242. The van der Waals surface area contributed by atoms with Gasteiger partial charge in [-0.05, 0) is 34.1 Å². The molecule has 2 heterocycles. The third-order valence-electron chi connectivity index (χ3n) is 1.70. The molecule has 0 aliphatic carbocycles. The highest BCUT2D eigenvalue weighted by Gasteiger charge is 2.10. The fraction of sp³-hybridized carbons (Fsp3) is 0. The van der Waals surface area contributed by atoms with Crippen LogP contribution in [-0.2, 0) is 0 Å². The first-order valence-electron chi connectivity index (χ1n) is 3.55. The molecule has 2 rings (SSSR count).